The summed E-state index contributed by atoms with van der Waals surface area (Å²) in [6.07, 6.45) is 0.840. The Hall–Kier alpha value is -4.19. The zero-order valence-electron chi connectivity index (χ0n) is 21.8. The minimum atomic E-state index is -3.96. The lowest BCUT2D eigenvalue weighted by Crippen LogP contribution is -2.50. The van der Waals surface area contributed by atoms with Gasteiger partial charge in [0.05, 0.1) is 26.2 Å². The molecule has 12 heteroatoms. The van der Waals surface area contributed by atoms with Crippen LogP contribution in [0, 0.1) is 5.92 Å². The molecule has 2 atom stereocenters. The number of pyridine rings is 1. The van der Waals surface area contributed by atoms with Gasteiger partial charge in [0.25, 0.3) is 15.6 Å². The van der Waals surface area contributed by atoms with Gasteiger partial charge >= 0.3 is 6.03 Å². The normalized spacial score (nSPS) is 18.1. The lowest BCUT2D eigenvalue weighted by molar-refractivity contribution is 0.139. The van der Waals surface area contributed by atoms with Gasteiger partial charge in [0.15, 0.2) is 0 Å². The summed E-state index contributed by atoms with van der Waals surface area (Å²) in [5, 5.41) is 2.92. The van der Waals surface area contributed by atoms with Crippen molar-refractivity contribution in [3.63, 3.8) is 0 Å². The molecule has 2 N–H and O–H groups in total. The molecule has 2 amide bonds. The Morgan fingerprint density at radius 1 is 0.872 bits per heavy atom. The minimum Gasteiger partial charge on any atom is -0.497 e. The molecule has 0 aliphatic carbocycles. The Balaban J connectivity index is 1.33. The third-order valence-electron chi connectivity index (χ3n) is 7.11. The fourth-order valence-corrected chi connectivity index (χ4v) is 6.29. The van der Waals surface area contributed by atoms with Gasteiger partial charge < -0.3 is 29.0 Å². The number of urea groups is 1. The molecule has 2 aliphatic heterocycles. The van der Waals surface area contributed by atoms with Crippen molar-refractivity contribution in [2.45, 2.75) is 23.8 Å². The van der Waals surface area contributed by atoms with E-state index in [1.165, 1.54) is 25.3 Å². The molecule has 0 saturated carbocycles. The van der Waals surface area contributed by atoms with Crippen molar-refractivity contribution in [2.24, 2.45) is 5.92 Å². The van der Waals surface area contributed by atoms with Crippen LogP contribution in [0.5, 0.6) is 17.2 Å². The van der Waals surface area contributed by atoms with E-state index >= 15 is 0 Å². The number of aromatic nitrogens is 1. The van der Waals surface area contributed by atoms with Crippen molar-refractivity contribution in [1.82, 2.24) is 9.47 Å². The summed E-state index contributed by atoms with van der Waals surface area (Å²) in [5.74, 6) is 1.65. The lowest BCUT2D eigenvalue weighted by Gasteiger charge is -2.42. The van der Waals surface area contributed by atoms with Gasteiger partial charge in [-0.15, -0.1) is 0 Å². The van der Waals surface area contributed by atoms with Gasteiger partial charge in [-0.05, 0) is 48.7 Å². The molecule has 1 aromatic heterocycles. The average molecular weight is 555 g/mol. The number of fused-ring (bicyclic) bond motifs is 4. The number of nitrogens with one attached hydrogen (secondary N) is 2. The van der Waals surface area contributed by atoms with Crippen LogP contribution in [0.1, 0.15) is 18.0 Å². The molecule has 5 rings (SSSR count). The highest BCUT2D eigenvalue weighted by Crippen LogP contribution is 2.36. The zero-order chi connectivity index (χ0) is 27.7. The summed E-state index contributed by atoms with van der Waals surface area (Å²) in [5.41, 5.74) is 0.915. The summed E-state index contributed by atoms with van der Waals surface area (Å²) in [4.78, 5) is 28.2. The van der Waals surface area contributed by atoms with Crippen LogP contribution < -0.4 is 29.8 Å². The number of anilines is 2. The predicted octanol–water partition coefficient (Wildman–Crippen LogP) is 3.33. The second kappa shape index (κ2) is 10.5. The summed E-state index contributed by atoms with van der Waals surface area (Å²) < 4.78 is 45.5. The molecule has 2 bridgehead atoms. The Morgan fingerprint density at radius 2 is 1.54 bits per heavy atom. The van der Waals surface area contributed by atoms with Crippen LogP contribution in [0.4, 0.5) is 16.2 Å². The maximum Gasteiger partial charge on any atom is 0.321 e. The number of methoxy groups -OCH3 is 3. The van der Waals surface area contributed by atoms with Gasteiger partial charge in [-0.25, -0.2) is 13.2 Å². The molecule has 2 unspecified atom stereocenters. The van der Waals surface area contributed by atoms with E-state index in [-0.39, 0.29) is 28.4 Å². The Labute approximate surface area is 226 Å². The number of ether oxygens (including phenoxy) is 3. The number of piperidine rings is 1. The van der Waals surface area contributed by atoms with Crippen LogP contribution in [0.15, 0.2) is 64.3 Å². The molecule has 11 nitrogen and oxygen atoms in total. The first-order valence-corrected chi connectivity index (χ1v) is 13.9. The van der Waals surface area contributed by atoms with Gasteiger partial charge in [-0.2, -0.15) is 0 Å². The number of carbonyl (C=O) groups is 1. The predicted molar refractivity (Wildman–Crippen MR) is 145 cm³/mol. The second-order valence-electron chi connectivity index (χ2n) is 9.60. The van der Waals surface area contributed by atoms with Gasteiger partial charge in [-0.3, -0.25) is 9.52 Å². The van der Waals surface area contributed by atoms with E-state index in [4.69, 9.17) is 14.2 Å². The number of benzene rings is 2. The highest BCUT2D eigenvalue weighted by atomic mass is 32.2. The molecule has 2 aromatic carbocycles. The number of hydrogen-bond acceptors (Lipinski definition) is 7. The SMILES string of the molecule is COc1ccc(S(=O)(=O)Nc2ccc3n(c2=O)CC2CC3CN(C(=O)Nc3cc(OC)cc(OC)c3)C2)cc1. The summed E-state index contributed by atoms with van der Waals surface area (Å²) in [7, 11) is 0.617. The molecule has 3 aromatic rings. The van der Waals surface area contributed by atoms with Crippen molar-refractivity contribution < 1.29 is 27.4 Å². The Bertz CT molecular complexity index is 1530. The van der Waals surface area contributed by atoms with E-state index in [0.29, 0.717) is 42.6 Å². The summed E-state index contributed by atoms with van der Waals surface area (Å²) >= 11 is 0. The molecule has 0 radical (unpaired) electrons. The van der Waals surface area contributed by atoms with Crippen LogP contribution in [0.25, 0.3) is 0 Å². The molecule has 1 fully saturated rings. The topological polar surface area (TPSA) is 128 Å². The largest absolute Gasteiger partial charge is 0.497 e. The van der Waals surface area contributed by atoms with Crippen LogP contribution in [-0.4, -0.2) is 58.3 Å². The summed E-state index contributed by atoms with van der Waals surface area (Å²) in [6, 6.07) is 14.1. The molecule has 206 valence electrons. The van der Waals surface area contributed by atoms with Gasteiger partial charge in [0, 0.05) is 55.1 Å². The monoisotopic (exact) mass is 554 g/mol. The average Bonchev–Trinajstić information content (AvgIpc) is 2.94. The maximum absolute atomic E-state index is 13.3. The quantitative estimate of drug-likeness (QED) is 0.459. The fraction of sp³-hybridized carbons (Fsp3) is 0.333. The van der Waals surface area contributed by atoms with Crippen molar-refractivity contribution in [3.05, 3.63) is 70.6 Å². The second-order valence-corrected chi connectivity index (χ2v) is 11.3. The smallest absolute Gasteiger partial charge is 0.321 e. The van der Waals surface area contributed by atoms with Crippen molar-refractivity contribution in [1.29, 1.82) is 0 Å². The number of amides is 2. The maximum atomic E-state index is 13.3. The zero-order valence-corrected chi connectivity index (χ0v) is 22.7. The standard InChI is InChI=1S/C27H30N4O7S/c1-36-20-4-6-23(7-5-20)39(34,35)29-24-8-9-25-18-10-17(15-31(25)26(24)32)14-30(16-18)27(33)28-19-11-21(37-2)13-22(12-19)38-3/h4-9,11-13,17-18,29H,10,14-16H2,1-3H3,(H,28,33). The van der Waals surface area contributed by atoms with Crippen molar-refractivity contribution in [2.75, 3.05) is 44.5 Å². The van der Waals surface area contributed by atoms with Crippen LogP contribution in [0.3, 0.4) is 0 Å². The first-order chi connectivity index (χ1) is 18.7. The number of hydrogen-bond donors (Lipinski definition) is 2. The van der Waals surface area contributed by atoms with Crippen LogP contribution in [0.2, 0.25) is 0 Å². The van der Waals surface area contributed by atoms with E-state index in [9.17, 15) is 18.0 Å². The van der Waals surface area contributed by atoms with E-state index in [0.717, 1.165) is 12.1 Å². The van der Waals surface area contributed by atoms with E-state index in [1.54, 1.807) is 60.1 Å². The lowest BCUT2D eigenvalue weighted by atomic mass is 9.83. The molecule has 2 aliphatic rings. The molecular weight excluding hydrogens is 524 g/mol. The first kappa shape index (κ1) is 26.4. The molecular formula is C27H30N4O7S. The third-order valence-corrected chi connectivity index (χ3v) is 8.49. The molecule has 3 heterocycles. The Morgan fingerprint density at radius 3 is 2.18 bits per heavy atom. The van der Waals surface area contributed by atoms with E-state index < -0.39 is 15.6 Å². The van der Waals surface area contributed by atoms with Crippen LogP contribution >= 0.6 is 0 Å². The van der Waals surface area contributed by atoms with Crippen molar-refractivity contribution in [3.8, 4) is 17.2 Å². The van der Waals surface area contributed by atoms with E-state index in [2.05, 4.69) is 10.0 Å². The first-order valence-electron chi connectivity index (χ1n) is 12.4. The van der Waals surface area contributed by atoms with Gasteiger partial charge in [-0.1, -0.05) is 0 Å². The molecule has 1 saturated heterocycles. The molecule has 0 spiro atoms. The van der Waals surface area contributed by atoms with Gasteiger partial charge in [0.1, 0.15) is 22.9 Å². The van der Waals surface area contributed by atoms with Crippen molar-refractivity contribution >= 4 is 27.4 Å². The number of likely N-dealkylation sites (tertiary alicyclic amines) is 1. The van der Waals surface area contributed by atoms with Gasteiger partial charge in [0.2, 0.25) is 0 Å². The minimum absolute atomic E-state index is 0.0175. The Kier molecular flexibility index (Phi) is 7.13. The van der Waals surface area contributed by atoms with Crippen LogP contribution in [-0.2, 0) is 16.6 Å². The fourth-order valence-electron chi connectivity index (χ4n) is 5.23. The highest BCUT2D eigenvalue weighted by Gasteiger charge is 2.37. The summed E-state index contributed by atoms with van der Waals surface area (Å²) in [6.45, 7) is 1.29. The molecule has 39 heavy (non-hydrogen) atoms. The number of rotatable bonds is 7. The number of carbonyl (C=O) groups excluding carboxylic acids is 1. The number of sulfonamides is 1. The highest BCUT2D eigenvalue weighted by molar-refractivity contribution is 7.92. The third kappa shape index (κ3) is 5.37. The number of nitrogens with zero attached hydrogens (tertiary/aromatic N) is 2. The van der Waals surface area contributed by atoms with E-state index in [1.807, 2.05) is 0 Å².